The summed E-state index contributed by atoms with van der Waals surface area (Å²) in [6.45, 7) is 10.3. The molecule has 0 aliphatic carbocycles. The molecule has 2 aliphatic heterocycles. The molecule has 0 unspecified atom stereocenters. The maximum atomic E-state index is 13.7. The van der Waals surface area contributed by atoms with Gasteiger partial charge in [-0.25, -0.2) is 9.50 Å². The van der Waals surface area contributed by atoms with Gasteiger partial charge < -0.3 is 15.0 Å². The second-order valence-electron chi connectivity index (χ2n) is 10.9. The lowest BCUT2D eigenvalue weighted by atomic mass is 9.95. The van der Waals surface area contributed by atoms with Crippen molar-refractivity contribution >= 4 is 23.1 Å². The van der Waals surface area contributed by atoms with Crippen LogP contribution < -0.4 is 10.2 Å². The molecule has 5 rings (SSSR count). The van der Waals surface area contributed by atoms with Gasteiger partial charge in [0, 0.05) is 43.2 Å². The van der Waals surface area contributed by atoms with Crippen molar-refractivity contribution in [2.45, 2.75) is 45.8 Å². The summed E-state index contributed by atoms with van der Waals surface area (Å²) in [5.74, 6) is 0.339. The highest BCUT2D eigenvalue weighted by Crippen LogP contribution is 2.38. The van der Waals surface area contributed by atoms with Gasteiger partial charge in [-0.3, -0.25) is 9.69 Å². The Bertz CT molecular complexity index is 1300. The number of anilines is 2. The maximum absolute atomic E-state index is 13.7. The number of morpholine rings is 1. The van der Waals surface area contributed by atoms with Crippen molar-refractivity contribution in [3.8, 4) is 11.3 Å². The van der Waals surface area contributed by atoms with E-state index in [0.29, 0.717) is 22.9 Å². The van der Waals surface area contributed by atoms with Crippen LogP contribution in [0.5, 0.6) is 0 Å². The number of carbonyl (C=O) groups excluding carboxylic acids is 1. The molecule has 0 radical (unpaired) electrons. The fourth-order valence-corrected chi connectivity index (χ4v) is 4.95. The van der Waals surface area contributed by atoms with E-state index in [-0.39, 0.29) is 5.69 Å². The van der Waals surface area contributed by atoms with Gasteiger partial charge in [-0.15, -0.1) is 5.10 Å². The number of alkyl halides is 3. The van der Waals surface area contributed by atoms with Crippen LogP contribution >= 0.6 is 0 Å². The number of benzene rings is 1. The topological polar surface area (TPSA) is 75.0 Å². The van der Waals surface area contributed by atoms with Crippen molar-refractivity contribution < 1.29 is 22.7 Å². The van der Waals surface area contributed by atoms with Gasteiger partial charge in [-0.05, 0) is 37.1 Å². The van der Waals surface area contributed by atoms with Crippen molar-refractivity contribution in [1.29, 1.82) is 0 Å². The number of hydrogen-bond acceptors (Lipinski definition) is 6. The molecular formula is C27H33F3N6O2. The summed E-state index contributed by atoms with van der Waals surface area (Å²) < 4.78 is 48.1. The second-order valence-corrected chi connectivity index (χ2v) is 10.9. The zero-order valence-electron chi connectivity index (χ0n) is 21.9. The van der Waals surface area contributed by atoms with Crippen molar-refractivity contribution in [3.05, 3.63) is 42.1 Å². The Hall–Kier alpha value is -3.18. The highest BCUT2D eigenvalue weighted by molar-refractivity contribution is 5.96. The molecule has 2 aromatic heterocycles. The Morgan fingerprint density at radius 1 is 1.03 bits per heavy atom. The van der Waals surface area contributed by atoms with E-state index in [4.69, 9.17) is 9.84 Å². The first-order valence-electron chi connectivity index (χ1n) is 13.0. The summed E-state index contributed by atoms with van der Waals surface area (Å²) in [5, 5.41) is 7.19. The van der Waals surface area contributed by atoms with Gasteiger partial charge in [0.2, 0.25) is 5.91 Å². The summed E-state index contributed by atoms with van der Waals surface area (Å²) in [7, 11) is 0. The number of piperidine rings is 1. The minimum absolute atomic E-state index is 0.288. The Balaban J connectivity index is 1.36. The number of halogens is 3. The largest absolute Gasteiger partial charge is 0.418 e. The van der Waals surface area contributed by atoms with Gasteiger partial charge in [0.15, 0.2) is 5.65 Å². The number of carbonyl (C=O) groups is 1. The summed E-state index contributed by atoms with van der Waals surface area (Å²) >= 11 is 0. The van der Waals surface area contributed by atoms with Crippen molar-refractivity contribution in [2.24, 2.45) is 5.41 Å². The van der Waals surface area contributed by atoms with Crippen LogP contribution in [0.4, 0.5) is 24.7 Å². The van der Waals surface area contributed by atoms with E-state index < -0.39 is 23.1 Å². The van der Waals surface area contributed by atoms with Crippen molar-refractivity contribution in [3.63, 3.8) is 0 Å². The lowest BCUT2D eigenvalue weighted by Gasteiger charge is -2.40. The highest BCUT2D eigenvalue weighted by Gasteiger charge is 2.35. The van der Waals surface area contributed by atoms with Gasteiger partial charge in [-0.2, -0.15) is 13.2 Å². The Labute approximate surface area is 219 Å². The zero-order chi connectivity index (χ0) is 27.1. The maximum Gasteiger partial charge on any atom is 0.418 e. The molecule has 2 saturated heterocycles. The first kappa shape index (κ1) is 26.4. The second kappa shape index (κ2) is 10.2. The molecule has 3 aromatic rings. The molecule has 0 saturated carbocycles. The number of nitrogens with one attached hydrogen (secondary N) is 1. The molecule has 0 atom stereocenters. The van der Waals surface area contributed by atoms with Crippen molar-refractivity contribution in [2.75, 3.05) is 49.6 Å². The number of hydrogen-bond donors (Lipinski definition) is 1. The van der Waals surface area contributed by atoms with E-state index in [1.165, 1.54) is 12.1 Å². The average Bonchev–Trinajstić information content (AvgIpc) is 3.32. The van der Waals surface area contributed by atoms with E-state index >= 15 is 0 Å². The number of imidazole rings is 1. The van der Waals surface area contributed by atoms with Gasteiger partial charge in [0.25, 0.3) is 0 Å². The molecule has 38 heavy (non-hydrogen) atoms. The first-order valence-corrected chi connectivity index (χ1v) is 13.0. The number of rotatable bonds is 4. The third-order valence-corrected chi connectivity index (χ3v) is 7.21. The molecule has 0 spiro atoms. The Kier molecular flexibility index (Phi) is 7.08. The van der Waals surface area contributed by atoms with Crippen LogP contribution in [-0.2, 0) is 15.7 Å². The first-order chi connectivity index (χ1) is 18.0. The predicted molar refractivity (Wildman–Crippen MR) is 139 cm³/mol. The normalized spacial score (nSPS) is 18.2. The number of amides is 1. The smallest absolute Gasteiger partial charge is 0.379 e. The monoisotopic (exact) mass is 530 g/mol. The Morgan fingerprint density at radius 3 is 2.39 bits per heavy atom. The van der Waals surface area contributed by atoms with Crippen LogP contribution in [0.25, 0.3) is 16.9 Å². The molecule has 1 aromatic carbocycles. The minimum Gasteiger partial charge on any atom is -0.379 e. The number of ether oxygens (including phenoxy) is 1. The van der Waals surface area contributed by atoms with E-state index in [1.54, 1.807) is 31.5 Å². The molecule has 4 heterocycles. The van der Waals surface area contributed by atoms with E-state index in [9.17, 15) is 18.0 Å². The molecule has 1 N–H and O–H groups in total. The van der Waals surface area contributed by atoms with Gasteiger partial charge in [0.1, 0.15) is 5.82 Å². The average molecular weight is 531 g/mol. The van der Waals surface area contributed by atoms with Crippen LogP contribution in [0.15, 0.2) is 36.5 Å². The minimum atomic E-state index is -4.61. The SMILES string of the molecule is CC(C)(C)C(=O)Nc1cc(-c2cn3nc(N4CCC(N5CCOCC5)CC4)ccc3n2)ccc1C(F)(F)F. The van der Waals surface area contributed by atoms with Crippen LogP contribution in [0, 0.1) is 5.41 Å². The number of aromatic nitrogens is 3. The summed E-state index contributed by atoms with van der Waals surface area (Å²) in [6, 6.07) is 8.04. The van der Waals surface area contributed by atoms with Crippen LogP contribution in [0.3, 0.4) is 0 Å². The Morgan fingerprint density at radius 2 is 1.74 bits per heavy atom. The lowest BCUT2D eigenvalue weighted by molar-refractivity contribution is -0.137. The molecule has 204 valence electrons. The molecule has 1 amide bonds. The fraction of sp³-hybridized carbons (Fsp3) is 0.519. The van der Waals surface area contributed by atoms with Crippen LogP contribution in [-0.4, -0.2) is 70.8 Å². The molecule has 2 aliphatic rings. The van der Waals surface area contributed by atoms with Gasteiger partial charge in [-0.1, -0.05) is 26.8 Å². The van der Waals surface area contributed by atoms with E-state index in [1.807, 2.05) is 12.1 Å². The van der Waals surface area contributed by atoms with E-state index in [2.05, 4.69) is 20.1 Å². The standard InChI is InChI=1S/C27H33F3N6O2/c1-26(2,3)25(37)32-21-16-18(4-5-20(21)27(28,29)30)22-17-36-23(31-22)6-7-24(33-36)35-10-8-19(9-11-35)34-12-14-38-15-13-34/h4-7,16-17,19H,8-15H2,1-3H3,(H,32,37). The van der Waals surface area contributed by atoms with Crippen LogP contribution in [0.2, 0.25) is 0 Å². The quantitative estimate of drug-likeness (QED) is 0.527. The van der Waals surface area contributed by atoms with E-state index in [0.717, 1.165) is 64.1 Å². The molecule has 11 heteroatoms. The number of nitrogens with zero attached hydrogens (tertiary/aromatic N) is 5. The fourth-order valence-electron chi connectivity index (χ4n) is 4.95. The number of fused-ring (bicyclic) bond motifs is 1. The van der Waals surface area contributed by atoms with Gasteiger partial charge >= 0.3 is 6.18 Å². The molecule has 0 bridgehead atoms. The predicted octanol–water partition coefficient (Wildman–Crippen LogP) is 4.70. The third-order valence-electron chi connectivity index (χ3n) is 7.21. The summed E-state index contributed by atoms with van der Waals surface area (Å²) in [6.07, 6.45) is -0.784. The third kappa shape index (κ3) is 5.63. The highest BCUT2D eigenvalue weighted by atomic mass is 19.4. The molecule has 2 fully saturated rings. The van der Waals surface area contributed by atoms with Crippen molar-refractivity contribution in [1.82, 2.24) is 19.5 Å². The molecular weight excluding hydrogens is 497 g/mol. The van der Waals surface area contributed by atoms with Crippen LogP contribution in [0.1, 0.15) is 39.2 Å². The summed E-state index contributed by atoms with van der Waals surface area (Å²) in [4.78, 5) is 21.8. The van der Waals surface area contributed by atoms with Gasteiger partial charge in [0.05, 0.1) is 36.4 Å². The lowest BCUT2D eigenvalue weighted by Crippen LogP contribution is -2.49. The summed E-state index contributed by atoms with van der Waals surface area (Å²) in [5.41, 5.74) is -0.514. The molecule has 8 nitrogen and oxygen atoms in total. The zero-order valence-corrected chi connectivity index (χ0v) is 21.9.